The third kappa shape index (κ3) is 2.54. The Morgan fingerprint density at radius 1 is 1.14 bits per heavy atom. The van der Waals surface area contributed by atoms with E-state index >= 15 is 0 Å². The van der Waals surface area contributed by atoms with Gasteiger partial charge in [0.2, 0.25) is 5.91 Å². The van der Waals surface area contributed by atoms with Crippen LogP contribution in [0.1, 0.15) is 46.4 Å². The predicted molar refractivity (Wildman–Crippen MR) is 76.8 cm³/mol. The number of hydrogen-bond donors (Lipinski definition) is 3. The van der Waals surface area contributed by atoms with Crippen molar-refractivity contribution in [3.8, 4) is 0 Å². The summed E-state index contributed by atoms with van der Waals surface area (Å²) in [5, 5.41) is 5.02. The third-order valence-electron chi connectivity index (χ3n) is 4.16. The third-order valence-corrected chi connectivity index (χ3v) is 4.16. The van der Waals surface area contributed by atoms with Gasteiger partial charge in [0.15, 0.2) is 0 Å². The quantitative estimate of drug-likeness (QED) is 0.707. The number of amides is 3. The number of fused-ring (bicyclic) bond motifs is 1. The van der Waals surface area contributed by atoms with Crippen molar-refractivity contribution in [2.75, 3.05) is 5.32 Å². The molecule has 1 fully saturated rings. The molecule has 2 aliphatic rings. The van der Waals surface area contributed by atoms with Crippen LogP contribution in [0.4, 0.5) is 5.69 Å². The van der Waals surface area contributed by atoms with Crippen molar-refractivity contribution in [3.05, 3.63) is 29.3 Å². The van der Waals surface area contributed by atoms with Crippen molar-refractivity contribution in [1.29, 1.82) is 0 Å². The number of hydrogen-bond acceptors (Lipinski definition) is 4. The van der Waals surface area contributed by atoms with Crippen LogP contribution in [0.15, 0.2) is 18.2 Å². The number of nitrogens with one attached hydrogen (secondary N) is 2. The van der Waals surface area contributed by atoms with E-state index in [1.165, 1.54) is 6.07 Å². The molecule has 110 valence electrons. The van der Waals surface area contributed by atoms with Gasteiger partial charge in [0.25, 0.3) is 11.8 Å². The molecule has 6 heteroatoms. The molecule has 1 aromatic rings. The molecule has 3 rings (SSSR count). The molecular weight excluding hydrogens is 270 g/mol. The average Bonchev–Trinajstić information content (AvgIpc) is 2.74. The molecule has 1 aromatic carbocycles. The van der Waals surface area contributed by atoms with Crippen molar-refractivity contribution < 1.29 is 14.4 Å². The van der Waals surface area contributed by atoms with E-state index in [-0.39, 0.29) is 17.9 Å². The van der Waals surface area contributed by atoms with Gasteiger partial charge in [0.05, 0.1) is 17.0 Å². The van der Waals surface area contributed by atoms with Gasteiger partial charge >= 0.3 is 0 Å². The maximum Gasteiger partial charge on any atom is 0.259 e. The fourth-order valence-corrected chi connectivity index (χ4v) is 2.97. The number of carbonyl (C=O) groups is 3. The Morgan fingerprint density at radius 3 is 2.62 bits per heavy atom. The Labute approximate surface area is 122 Å². The smallest absolute Gasteiger partial charge is 0.259 e. The molecule has 2 atom stereocenters. The minimum Gasteiger partial charge on any atom is -0.327 e. The van der Waals surface area contributed by atoms with E-state index in [0.717, 1.165) is 25.7 Å². The van der Waals surface area contributed by atoms with Gasteiger partial charge in [-0.05, 0) is 31.0 Å². The average molecular weight is 287 g/mol. The van der Waals surface area contributed by atoms with Gasteiger partial charge in [0.1, 0.15) is 0 Å². The fraction of sp³-hybridized carbons (Fsp3) is 0.400. The molecule has 3 amide bonds. The fourth-order valence-electron chi connectivity index (χ4n) is 2.97. The summed E-state index contributed by atoms with van der Waals surface area (Å²) in [6.45, 7) is 0. The summed E-state index contributed by atoms with van der Waals surface area (Å²) in [6.07, 6.45) is 3.72. The van der Waals surface area contributed by atoms with Crippen LogP contribution in [0.25, 0.3) is 0 Å². The van der Waals surface area contributed by atoms with Crippen LogP contribution in [0.5, 0.6) is 0 Å². The molecule has 4 N–H and O–H groups in total. The van der Waals surface area contributed by atoms with Crippen LogP contribution in [-0.2, 0) is 4.79 Å². The highest BCUT2D eigenvalue weighted by molar-refractivity contribution is 6.22. The van der Waals surface area contributed by atoms with Crippen molar-refractivity contribution >= 4 is 23.4 Å². The highest BCUT2D eigenvalue weighted by Crippen LogP contribution is 2.25. The summed E-state index contributed by atoms with van der Waals surface area (Å²) in [5.41, 5.74) is 7.15. The largest absolute Gasteiger partial charge is 0.327 e. The van der Waals surface area contributed by atoms with E-state index in [0.29, 0.717) is 16.8 Å². The SMILES string of the molecule is NC1CCCCC1C(=O)Nc1ccc2c(c1)C(=O)NC2=O. The first kappa shape index (κ1) is 13.8. The van der Waals surface area contributed by atoms with Crippen LogP contribution in [0, 0.1) is 5.92 Å². The monoisotopic (exact) mass is 287 g/mol. The molecule has 1 aliphatic carbocycles. The summed E-state index contributed by atoms with van der Waals surface area (Å²) in [5.74, 6) is -1.14. The minimum atomic E-state index is -0.430. The highest BCUT2D eigenvalue weighted by Gasteiger charge is 2.30. The lowest BCUT2D eigenvalue weighted by Gasteiger charge is -2.27. The van der Waals surface area contributed by atoms with Crippen LogP contribution in [-0.4, -0.2) is 23.8 Å². The molecule has 1 aliphatic heterocycles. The van der Waals surface area contributed by atoms with Gasteiger partial charge in [-0.1, -0.05) is 12.8 Å². The van der Waals surface area contributed by atoms with Crippen molar-refractivity contribution in [2.45, 2.75) is 31.7 Å². The molecule has 6 nitrogen and oxygen atoms in total. The molecule has 0 radical (unpaired) electrons. The molecule has 0 aromatic heterocycles. The second-order valence-electron chi connectivity index (χ2n) is 5.59. The van der Waals surface area contributed by atoms with Gasteiger partial charge in [-0.3, -0.25) is 19.7 Å². The highest BCUT2D eigenvalue weighted by atomic mass is 16.2. The molecular formula is C15H17N3O3. The lowest BCUT2D eigenvalue weighted by atomic mass is 9.84. The van der Waals surface area contributed by atoms with Crippen molar-refractivity contribution in [1.82, 2.24) is 5.32 Å². The number of benzene rings is 1. The second kappa shape index (κ2) is 5.29. The lowest BCUT2D eigenvalue weighted by molar-refractivity contribution is -0.121. The molecule has 21 heavy (non-hydrogen) atoms. The van der Waals surface area contributed by atoms with E-state index in [2.05, 4.69) is 10.6 Å². The Morgan fingerprint density at radius 2 is 1.86 bits per heavy atom. The van der Waals surface area contributed by atoms with Gasteiger partial charge in [-0.15, -0.1) is 0 Å². The normalized spacial score (nSPS) is 24.4. The summed E-state index contributed by atoms with van der Waals surface area (Å²) < 4.78 is 0. The van der Waals surface area contributed by atoms with Crippen LogP contribution in [0.3, 0.4) is 0 Å². The van der Waals surface area contributed by atoms with Crippen LogP contribution < -0.4 is 16.4 Å². The first-order chi connectivity index (χ1) is 10.1. The molecule has 1 heterocycles. The maximum absolute atomic E-state index is 12.3. The van der Waals surface area contributed by atoms with Crippen LogP contribution >= 0.6 is 0 Å². The Balaban J connectivity index is 1.76. The van der Waals surface area contributed by atoms with Crippen LogP contribution in [0.2, 0.25) is 0 Å². The number of nitrogens with two attached hydrogens (primary N) is 1. The summed E-state index contributed by atoms with van der Waals surface area (Å²) in [7, 11) is 0. The predicted octanol–water partition coefficient (Wildman–Crippen LogP) is 1.03. The summed E-state index contributed by atoms with van der Waals surface area (Å²) in [6, 6.07) is 4.59. The lowest BCUT2D eigenvalue weighted by Crippen LogP contribution is -2.40. The summed E-state index contributed by atoms with van der Waals surface area (Å²) in [4.78, 5) is 35.3. The molecule has 0 spiro atoms. The number of anilines is 1. The van der Waals surface area contributed by atoms with E-state index in [4.69, 9.17) is 5.73 Å². The molecule has 0 saturated heterocycles. The van der Waals surface area contributed by atoms with E-state index in [1.807, 2.05) is 0 Å². The Kier molecular flexibility index (Phi) is 3.47. The molecule has 1 saturated carbocycles. The zero-order valence-corrected chi connectivity index (χ0v) is 11.5. The number of rotatable bonds is 2. The second-order valence-corrected chi connectivity index (χ2v) is 5.59. The summed E-state index contributed by atoms with van der Waals surface area (Å²) >= 11 is 0. The topological polar surface area (TPSA) is 101 Å². The Bertz CT molecular complexity index is 627. The van der Waals surface area contributed by atoms with Gasteiger partial charge in [-0.25, -0.2) is 0 Å². The van der Waals surface area contributed by atoms with Gasteiger partial charge in [-0.2, -0.15) is 0 Å². The minimum absolute atomic E-state index is 0.113. The molecule has 0 bridgehead atoms. The molecule has 2 unspecified atom stereocenters. The van der Waals surface area contributed by atoms with E-state index in [9.17, 15) is 14.4 Å². The Hall–Kier alpha value is -2.21. The first-order valence-corrected chi connectivity index (χ1v) is 7.12. The zero-order chi connectivity index (χ0) is 15.0. The number of carbonyl (C=O) groups excluding carboxylic acids is 3. The first-order valence-electron chi connectivity index (χ1n) is 7.12. The standard InChI is InChI=1S/C15H17N3O3/c16-12-4-2-1-3-10(12)14(20)17-8-5-6-9-11(7-8)15(21)18-13(9)19/h5-7,10,12H,1-4,16H2,(H,17,20)(H,18,19,21). The van der Waals surface area contributed by atoms with Gasteiger partial charge in [0, 0.05) is 11.7 Å². The van der Waals surface area contributed by atoms with Gasteiger partial charge < -0.3 is 11.1 Å². The zero-order valence-electron chi connectivity index (χ0n) is 11.5. The number of imide groups is 1. The maximum atomic E-state index is 12.3. The van der Waals surface area contributed by atoms with E-state index < -0.39 is 11.8 Å². The van der Waals surface area contributed by atoms with E-state index in [1.54, 1.807) is 12.1 Å². The van der Waals surface area contributed by atoms with Crippen molar-refractivity contribution in [2.24, 2.45) is 11.7 Å². The van der Waals surface area contributed by atoms with Crippen molar-refractivity contribution in [3.63, 3.8) is 0 Å².